The number of ether oxygens (including phenoxy) is 2. The first-order valence-electron chi connectivity index (χ1n) is 11.3. The Kier molecular flexibility index (Phi) is 8.51. The summed E-state index contributed by atoms with van der Waals surface area (Å²) in [4.78, 5) is 14.7. The van der Waals surface area contributed by atoms with Crippen LogP contribution >= 0.6 is 0 Å². The van der Waals surface area contributed by atoms with Gasteiger partial charge in [0.15, 0.2) is 4.75 Å². The molecular formula is C22H35N3O6S. The maximum absolute atomic E-state index is 13.6. The lowest BCUT2D eigenvalue weighted by molar-refractivity contribution is -0.133. The molecule has 0 bridgehead atoms. The van der Waals surface area contributed by atoms with E-state index in [1.807, 2.05) is 24.3 Å². The third-order valence-corrected chi connectivity index (χ3v) is 9.29. The highest BCUT2D eigenvalue weighted by Crippen LogP contribution is 2.35. The van der Waals surface area contributed by atoms with Crippen LogP contribution in [0.15, 0.2) is 24.3 Å². The number of hydrogen-bond donors (Lipinski definition) is 2. The lowest BCUT2D eigenvalue weighted by Gasteiger charge is -2.43. The van der Waals surface area contributed by atoms with Gasteiger partial charge in [-0.25, -0.2) is 18.2 Å². The molecule has 0 aromatic heterocycles. The Hall–Kier alpha value is -1.72. The average Bonchev–Trinajstić information content (AvgIpc) is 2.83. The molecule has 0 spiro atoms. The van der Waals surface area contributed by atoms with Gasteiger partial charge in [0.25, 0.3) is 5.91 Å². The second-order valence-electron chi connectivity index (χ2n) is 8.49. The summed E-state index contributed by atoms with van der Waals surface area (Å²) in [7, 11) is -2.34. The number of sulfonamides is 1. The number of amides is 1. The number of rotatable bonds is 9. The van der Waals surface area contributed by atoms with Crippen LogP contribution in [0.4, 0.5) is 0 Å². The van der Waals surface area contributed by atoms with Crippen molar-refractivity contribution >= 4 is 15.9 Å². The van der Waals surface area contributed by atoms with Gasteiger partial charge in [0.2, 0.25) is 10.0 Å². The molecule has 2 N–H and O–H groups in total. The zero-order valence-corrected chi connectivity index (χ0v) is 19.8. The number of nitrogens with zero attached hydrogens (tertiary/aromatic N) is 2. The summed E-state index contributed by atoms with van der Waals surface area (Å²) < 4.78 is 38.1. The molecule has 2 heterocycles. The molecule has 3 rings (SSSR count). The SMILES string of the molecule is CCc1ccc(OC2CCN(S(=O)(=O)C3(C(=O)NO)CCN(CCOC)CC3)CC2)cc1. The number of carbonyl (C=O) groups excluding carboxylic acids is 1. The summed E-state index contributed by atoms with van der Waals surface area (Å²) in [5.74, 6) is -0.0682. The van der Waals surface area contributed by atoms with E-state index >= 15 is 0 Å². The van der Waals surface area contributed by atoms with Crippen molar-refractivity contribution in [2.45, 2.75) is 49.9 Å². The minimum Gasteiger partial charge on any atom is -0.490 e. The first-order chi connectivity index (χ1) is 15.4. The lowest BCUT2D eigenvalue weighted by Crippen LogP contribution is -2.62. The Morgan fingerprint density at radius 3 is 2.31 bits per heavy atom. The Labute approximate surface area is 190 Å². The van der Waals surface area contributed by atoms with Gasteiger partial charge >= 0.3 is 0 Å². The van der Waals surface area contributed by atoms with E-state index < -0.39 is 20.7 Å². The molecule has 1 aromatic carbocycles. The van der Waals surface area contributed by atoms with Crippen LogP contribution in [0.1, 0.15) is 38.2 Å². The van der Waals surface area contributed by atoms with Crippen molar-refractivity contribution in [1.29, 1.82) is 0 Å². The second kappa shape index (κ2) is 10.9. The van der Waals surface area contributed by atoms with E-state index in [-0.39, 0.29) is 32.0 Å². The van der Waals surface area contributed by atoms with Crippen LogP contribution < -0.4 is 10.2 Å². The molecule has 2 fully saturated rings. The van der Waals surface area contributed by atoms with Crippen molar-refractivity contribution in [3.63, 3.8) is 0 Å². The minimum absolute atomic E-state index is 0.0764. The predicted octanol–water partition coefficient (Wildman–Crippen LogP) is 1.41. The minimum atomic E-state index is -3.96. The monoisotopic (exact) mass is 469 g/mol. The smallest absolute Gasteiger partial charge is 0.266 e. The number of hydrogen-bond acceptors (Lipinski definition) is 7. The molecule has 1 aromatic rings. The van der Waals surface area contributed by atoms with Crippen molar-refractivity contribution < 1.29 is 27.9 Å². The van der Waals surface area contributed by atoms with E-state index in [1.165, 1.54) is 9.87 Å². The number of likely N-dealkylation sites (tertiary alicyclic amines) is 1. The average molecular weight is 470 g/mol. The van der Waals surface area contributed by atoms with Crippen molar-refractivity contribution in [2.24, 2.45) is 0 Å². The van der Waals surface area contributed by atoms with Gasteiger partial charge in [0, 0.05) is 39.8 Å². The Bertz CT molecular complexity index is 845. The topological polar surface area (TPSA) is 108 Å². The van der Waals surface area contributed by atoms with Gasteiger partial charge in [-0.05, 0) is 49.8 Å². The van der Waals surface area contributed by atoms with Crippen molar-refractivity contribution in [3.8, 4) is 5.75 Å². The van der Waals surface area contributed by atoms with Crippen LogP contribution in [-0.4, -0.2) is 86.0 Å². The van der Waals surface area contributed by atoms with Gasteiger partial charge in [-0.2, -0.15) is 0 Å². The van der Waals surface area contributed by atoms with Crippen LogP contribution in [0.25, 0.3) is 0 Å². The molecule has 32 heavy (non-hydrogen) atoms. The van der Waals surface area contributed by atoms with Crippen LogP contribution in [-0.2, 0) is 26.0 Å². The molecule has 0 aliphatic carbocycles. The molecular weight excluding hydrogens is 434 g/mol. The number of nitrogens with one attached hydrogen (secondary N) is 1. The number of benzene rings is 1. The number of methoxy groups -OCH3 is 1. The van der Waals surface area contributed by atoms with Crippen LogP contribution in [0.2, 0.25) is 0 Å². The lowest BCUT2D eigenvalue weighted by atomic mass is 9.95. The van der Waals surface area contributed by atoms with E-state index in [1.54, 1.807) is 12.6 Å². The predicted molar refractivity (Wildman–Crippen MR) is 120 cm³/mol. The largest absolute Gasteiger partial charge is 0.490 e. The van der Waals surface area contributed by atoms with E-state index in [9.17, 15) is 18.4 Å². The number of hydroxylamine groups is 1. The zero-order valence-electron chi connectivity index (χ0n) is 19.0. The fourth-order valence-electron chi connectivity index (χ4n) is 4.50. The van der Waals surface area contributed by atoms with Crippen molar-refractivity contribution in [2.75, 3.05) is 46.4 Å². The van der Waals surface area contributed by atoms with Gasteiger partial charge < -0.3 is 14.4 Å². The summed E-state index contributed by atoms with van der Waals surface area (Å²) in [6.45, 7) is 4.78. The third-order valence-electron chi connectivity index (χ3n) is 6.66. The van der Waals surface area contributed by atoms with Crippen LogP contribution in [0.5, 0.6) is 5.75 Å². The van der Waals surface area contributed by atoms with Crippen molar-refractivity contribution in [3.05, 3.63) is 29.8 Å². The summed E-state index contributed by atoms with van der Waals surface area (Å²) in [5, 5.41) is 9.33. The van der Waals surface area contributed by atoms with Gasteiger partial charge in [0.05, 0.1) is 6.61 Å². The number of aryl methyl sites for hydroxylation is 1. The zero-order chi connectivity index (χ0) is 23.2. The fraction of sp³-hybridized carbons (Fsp3) is 0.682. The quantitative estimate of drug-likeness (QED) is 0.416. The molecule has 10 heteroatoms. The molecule has 0 atom stereocenters. The van der Waals surface area contributed by atoms with E-state index in [2.05, 4.69) is 11.8 Å². The van der Waals surface area contributed by atoms with Gasteiger partial charge in [-0.1, -0.05) is 19.1 Å². The maximum atomic E-state index is 13.6. The molecule has 2 saturated heterocycles. The van der Waals surface area contributed by atoms with Gasteiger partial charge in [-0.15, -0.1) is 0 Å². The fourth-order valence-corrected chi connectivity index (χ4v) is 6.66. The summed E-state index contributed by atoms with van der Waals surface area (Å²) in [6, 6.07) is 7.95. The van der Waals surface area contributed by atoms with E-state index in [0.29, 0.717) is 39.1 Å². The highest BCUT2D eigenvalue weighted by atomic mass is 32.2. The van der Waals surface area contributed by atoms with Gasteiger partial charge in [0.1, 0.15) is 11.9 Å². The third kappa shape index (κ3) is 5.26. The summed E-state index contributed by atoms with van der Waals surface area (Å²) in [6.07, 6.45) is 2.24. The van der Waals surface area contributed by atoms with Crippen LogP contribution in [0.3, 0.4) is 0 Å². The standard InChI is InChI=1S/C22H35N3O6S/c1-3-18-4-6-19(7-5-18)31-20-8-12-25(13-9-20)32(28,29)22(21(26)23-27)10-14-24(15-11-22)16-17-30-2/h4-7,20,27H,3,8-17H2,1-2H3,(H,23,26). The number of piperidine rings is 2. The Morgan fingerprint density at radius 2 is 1.78 bits per heavy atom. The normalized spacial score (nSPS) is 20.7. The highest BCUT2D eigenvalue weighted by molar-refractivity contribution is 7.91. The second-order valence-corrected chi connectivity index (χ2v) is 10.7. The molecule has 0 unspecified atom stereocenters. The molecule has 2 aliphatic heterocycles. The van der Waals surface area contributed by atoms with Crippen molar-refractivity contribution in [1.82, 2.24) is 14.7 Å². The molecule has 180 valence electrons. The molecule has 0 saturated carbocycles. The number of carbonyl (C=O) groups is 1. The van der Waals surface area contributed by atoms with E-state index in [4.69, 9.17) is 9.47 Å². The van der Waals surface area contributed by atoms with Gasteiger partial charge in [-0.3, -0.25) is 10.0 Å². The summed E-state index contributed by atoms with van der Waals surface area (Å²) >= 11 is 0. The molecule has 1 amide bonds. The Morgan fingerprint density at radius 1 is 1.16 bits per heavy atom. The first kappa shape index (κ1) is 24.9. The summed E-state index contributed by atoms with van der Waals surface area (Å²) in [5.41, 5.74) is 2.85. The highest BCUT2D eigenvalue weighted by Gasteiger charge is 2.55. The first-order valence-corrected chi connectivity index (χ1v) is 12.7. The molecule has 9 nitrogen and oxygen atoms in total. The molecule has 0 radical (unpaired) electrons. The Balaban J connectivity index is 1.64. The molecule has 2 aliphatic rings. The van der Waals surface area contributed by atoms with Crippen LogP contribution in [0, 0.1) is 0 Å². The maximum Gasteiger partial charge on any atom is 0.266 e. The van der Waals surface area contributed by atoms with E-state index in [0.717, 1.165) is 12.2 Å².